The van der Waals surface area contributed by atoms with Crippen molar-refractivity contribution in [3.8, 4) is 33.9 Å². The van der Waals surface area contributed by atoms with Gasteiger partial charge in [0, 0.05) is 15.7 Å². The molecule has 0 amide bonds. The van der Waals surface area contributed by atoms with Crippen LogP contribution in [0.3, 0.4) is 0 Å². The number of nitrogens with zero attached hydrogens (tertiary/aromatic N) is 1. The zero-order chi connectivity index (χ0) is 19.0. The number of amidine groups is 1. The number of benzene rings is 2. The molecule has 0 atom stereocenters. The summed E-state index contributed by atoms with van der Waals surface area (Å²) in [5, 5.41) is 12.1. The van der Waals surface area contributed by atoms with Crippen molar-refractivity contribution in [2.24, 2.45) is 10.9 Å². The molecule has 4 N–H and O–H groups in total. The molecule has 27 heavy (non-hydrogen) atoms. The van der Waals surface area contributed by atoms with Gasteiger partial charge in [0.15, 0.2) is 17.3 Å². The van der Waals surface area contributed by atoms with Crippen LogP contribution in [0.15, 0.2) is 63.0 Å². The second-order valence-corrected chi connectivity index (χ2v) is 6.78. The molecule has 0 bridgehead atoms. The molecule has 1 aliphatic rings. The van der Waals surface area contributed by atoms with Gasteiger partial charge in [-0.05, 0) is 41.5 Å². The molecule has 0 saturated heterocycles. The van der Waals surface area contributed by atoms with Gasteiger partial charge >= 0.3 is 0 Å². The van der Waals surface area contributed by atoms with E-state index in [0.717, 1.165) is 10.0 Å². The minimum atomic E-state index is -0.460. The number of nitrogens with two attached hydrogens (primary N) is 1. The zero-order valence-corrected chi connectivity index (χ0v) is 15.5. The minimum Gasteiger partial charge on any atom is -0.454 e. The van der Waals surface area contributed by atoms with Crippen LogP contribution in [-0.4, -0.2) is 22.8 Å². The molecule has 4 rings (SSSR count). The molecule has 0 saturated carbocycles. The Morgan fingerprint density at radius 2 is 1.78 bits per heavy atom. The second kappa shape index (κ2) is 6.81. The molecule has 2 heterocycles. The molecule has 3 aromatic rings. The molecule has 7 nitrogen and oxygen atoms in total. The Kier molecular flexibility index (Phi) is 4.33. The van der Waals surface area contributed by atoms with E-state index in [9.17, 15) is 4.79 Å². The van der Waals surface area contributed by atoms with Gasteiger partial charge in [0.1, 0.15) is 0 Å². The maximum absolute atomic E-state index is 12.7. The Bertz CT molecular complexity index is 1110. The molecule has 0 fully saturated rings. The minimum absolute atomic E-state index is 0.0808. The molecular weight excluding hydrogens is 414 g/mol. The summed E-state index contributed by atoms with van der Waals surface area (Å²) in [5.74, 6) is 0.928. The molecule has 8 heteroatoms. The average molecular weight is 428 g/mol. The van der Waals surface area contributed by atoms with Crippen LogP contribution in [0.2, 0.25) is 0 Å². The maximum atomic E-state index is 12.7. The molecule has 1 aromatic heterocycles. The van der Waals surface area contributed by atoms with E-state index in [-0.39, 0.29) is 18.2 Å². The third-order valence-corrected chi connectivity index (χ3v) is 4.76. The summed E-state index contributed by atoms with van der Waals surface area (Å²) in [7, 11) is 0. The van der Waals surface area contributed by atoms with Crippen molar-refractivity contribution in [1.29, 1.82) is 0 Å². The fraction of sp³-hybridized carbons (Fsp3) is 0.0526. The van der Waals surface area contributed by atoms with Gasteiger partial charge in [-0.15, -0.1) is 0 Å². The van der Waals surface area contributed by atoms with Crippen molar-refractivity contribution in [2.45, 2.75) is 0 Å². The fourth-order valence-corrected chi connectivity index (χ4v) is 3.21. The normalized spacial score (nSPS) is 13.0. The van der Waals surface area contributed by atoms with Gasteiger partial charge in [0.2, 0.25) is 6.79 Å². The molecule has 136 valence electrons. The predicted octanol–water partition coefficient (Wildman–Crippen LogP) is 3.29. The Balaban J connectivity index is 1.94. The molecular formula is C19H14BrN3O4. The first-order valence-electron chi connectivity index (χ1n) is 7.98. The first kappa shape index (κ1) is 17.2. The number of nitrogens with one attached hydrogen (secondary N) is 1. The lowest BCUT2D eigenvalue weighted by Gasteiger charge is -2.12. The first-order valence-corrected chi connectivity index (χ1v) is 8.77. The van der Waals surface area contributed by atoms with Crippen molar-refractivity contribution < 1.29 is 14.7 Å². The van der Waals surface area contributed by atoms with E-state index in [4.69, 9.17) is 20.4 Å². The van der Waals surface area contributed by atoms with Crippen LogP contribution in [0.4, 0.5) is 0 Å². The summed E-state index contributed by atoms with van der Waals surface area (Å²) < 4.78 is 11.7. The van der Waals surface area contributed by atoms with Crippen molar-refractivity contribution in [3.63, 3.8) is 0 Å². The Morgan fingerprint density at radius 3 is 2.52 bits per heavy atom. The lowest BCUT2D eigenvalue weighted by Crippen LogP contribution is -2.26. The summed E-state index contributed by atoms with van der Waals surface area (Å²) >= 11 is 3.39. The standard InChI is InChI=1S/C19H14BrN3O4/c20-12-4-1-10(2-5-12)14-8-13(17(18(21)23-25)19(24)22-14)11-3-6-15-16(7-11)27-9-26-15/h1-8,25H,9H2,(H2,21,23)(H,22,24). The largest absolute Gasteiger partial charge is 0.454 e. The van der Waals surface area contributed by atoms with Gasteiger partial charge < -0.3 is 25.4 Å². The number of hydrogen-bond acceptors (Lipinski definition) is 5. The molecule has 2 aromatic carbocycles. The van der Waals surface area contributed by atoms with Gasteiger partial charge in [0.25, 0.3) is 5.56 Å². The number of rotatable bonds is 3. The Labute approximate surface area is 162 Å². The number of ether oxygens (including phenoxy) is 2. The van der Waals surface area contributed by atoms with Crippen LogP contribution in [0.1, 0.15) is 5.56 Å². The monoisotopic (exact) mass is 427 g/mol. The quantitative estimate of drug-likeness (QED) is 0.257. The summed E-state index contributed by atoms with van der Waals surface area (Å²) in [5.41, 5.74) is 8.03. The number of pyridine rings is 1. The van der Waals surface area contributed by atoms with E-state index >= 15 is 0 Å². The fourth-order valence-electron chi connectivity index (χ4n) is 2.94. The van der Waals surface area contributed by atoms with Crippen LogP contribution >= 0.6 is 15.9 Å². The first-order chi connectivity index (χ1) is 13.1. The number of fused-ring (bicyclic) bond motifs is 1. The maximum Gasteiger partial charge on any atom is 0.260 e. The third-order valence-electron chi connectivity index (χ3n) is 4.24. The van der Waals surface area contributed by atoms with E-state index in [2.05, 4.69) is 26.1 Å². The van der Waals surface area contributed by atoms with Gasteiger partial charge in [-0.2, -0.15) is 0 Å². The van der Waals surface area contributed by atoms with E-state index in [1.54, 1.807) is 24.3 Å². The van der Waals surface area contributed by atoms with Crippen LogP contribution in [0.5, 0.6) is 11.5 Å². The van der Waals surface area contributed by atoms with Gasteiger partial charge in [-0.1, -0.05) is 39.3 Å². The van der Waals surface area contributed by atoms with E-state index in [0.29, 0.717) is 28.3 Å². The molecule has 0 aliphatic carbocycles. The third kappa shape index (κ3) is 3.15. The summed E-state index contributed by atoms with van der Waals surface area (Å²) in [6.45, 7) is 0.144. The Hall–Kier alpha value is -3.26. The van der Waals surface area contributed by atoms with Gasteiger partial charge in [-0.25, -0.2) is 0 Å². The number of oxime groups is 1. The molecule has 1 aliphatic heterocycles. The smallest absolute Gasteiger partial charge is 0.260 e. The highest BCUT2D eigenvalue weighted by atomic mass is 79.9. The molecule has 0 spiro atoms. The van der Waals surface area contributed by atoms with Crippen molar-refractivity contribution in [2.75, 3.05) is 6.79 Å². The number of aromatic amines is 1. The molecule has 0 radical (unpaired) electrons. The lowest BCUT2D eigenvalue weighted by atomic mass is 9.97. The van der Waals surface area contributed by atoms with E-state index in [1.807, 2.05) is 24.3 Å². The molecule has 0 unspecified atom stereocenters. The van der Waals surface area contributed by atoms with Crippen LogP contribution < -0.4 is 20.8 Å². The van der Waals surface area contributed by atoms with Crippen LogP contribution in [0.25, 0.3) is 22.4 Å². The topological polar surface area (TPSA) is 110 Å². The number of aromatic nitrogens is 1. The lowest BCUT2D eigenvalue weighted by molar-refractivity contribution is 0.174. The van der Waals surface area contributed by atoms with Crippen molar-refractivity contribution in [3.05, 3.63) is 68.9 Å². The highest BCUT2D eigenvalue weighted by Crippen LogP contribution is 2.37. The average Bonchev–Trinajstić information content (AvgIpc) is 3.15. The van der Waals surface area contributed by atoms with Crippen molar-refractivity contribution >= 4 is 21.8 Å². The van der Waals surface area contributed by atoms with Crippen molar-refractivity contribution in [1.82, 2.24) is 4.98 Å². The SMILES string of the molecule is NC(=NO)c1c(-c2ccc3c(c2)OCO3)cc(-c2ccc(Br)cc2)[nH]c1=O. The number of H-pyrrole nitrogens is 1. The van der Waals surface area contributed by atoms with Crippen LogP contribution in [0, 0.1) is 0 Å². The predicted molar refractivity (Wildman–Crippen MR) is 104 cm³/mol. The van der Waals surface area contributed by atoms with E-state index in [1.165, 1.54) is 0 Å². The Morgan fingerprint density at radius 1 is 1.07 bits per heavy atom. The number of halogens is 1. The van der Waals surface area contributed by atoms with Gasteiger partial charge in [0.05, 0.1) is 5.56 Å². The highest BCUT2D eigenvalue weighted by Gasteiger charge is 2.19. The van der Waals surface area contributed by atoms with Gasteiger partial charge in [-0.3, -0.25) is 4.79 Å². The van der Waals surface area contributed by atoms with Crippen LogP contribution in [-0.2, 0) is 0 Å². The zero-order valence-electron chi connectivity index (χ0n) is 13.9. The second-order valence-electron chi connectivity index (χ2n) is 5.86. The summed E-state index contributed by atoms with van der Waals surface area (Å²) in [6.07, 6.45) is 0. The highest BCUT2D eigenvalue weighted by molar-refractivity contribution is 9.10. The van der Waals surface area contributed by atoms with E-state index < -0.39 is 5.56 Å². The summed E-state index contributed by atoms with van der Waals surface area (Å²) in [4.78, 5) is 15.5. The summed E-state index contributed by atoms with van der Waals surface area (Å²) in [6, 6.07) is 14.6. The number of hydrogen-bond donors (Lipinski definition) is 3.